The summed E-state index contributed by atoms with van der Waals surface area (Å²) >= 11 is 6.14. The van der Waals surface area contributed by atoms with Crippen LogP contribution in [0, 0.1) is 0 Å². The summed E-state index contributed by atoms with van der Waals surface area (Å²) in [5.74, 6) is -0.205. The number of ether oxygens (including phenoxy) is 2. The van der Waals surface area contributed by atoms with Crippen molar-refractivity contribution in [3.8, 4) is 11.5 Å². The largest absolute Gasteiger partial charge is 0.497 e. The fraction of sp³-hybridized carbons (Fsp3) is 0.257. The molecule has 1 N–H and O–H groups in total. The fourth-order valence-corrected chi connectivity index (χ4v) is 6.50. The Morgan fingerprint density at radius 2 is 1.43 bits per heavy atom. The van der Waals surface area contributed by atoms with E-state index in [1.807, 2.05) is 44.2 Å². The Hall–Kier alpha value is -4.54. The summed E-state index contributed by atoms with van der Waals surface area (Å²) in [5.41, 5.74) is 1.73. The maximum Gasteiger partial charge on any atom is 0.264 e. The van der Waals surface area contributed by atoms with Crippen molar-refractivity contribution < 1.29 is 27.5 Å². The lowest BCUT2D eigenvalue weighted by atomic mass is 10.0. The van der Waals surface area contributed by atoms with E-state index < -0.39 is 28.5 Å². The van der Waals surface area contributed by atoms with Crippen molar-refractivity contribution >= 4 is 39.1 Å². The average molecular weight is 664 g/mol. The Labute approximate surface area is 275 Å². The molecule has 0 radical (unpaired) electrons. The average Bonchev–Trinajstić information content (AvgIpc) is 3.06. The molecule has 0 saturated carbocycles. The lowest BCUT2D eigenvalue weighted by molar-refractivity contribution is -0.140. The number of para-hydroxylation sites is 2. The summed E-state index contributed by atoms with van der Waals surface area (Å²) in [6.07, 6.45) is 0.207. The van der Waals surface area contributed by atoms with E-state index in [4.69, 9.17) is 21.1 Å². The molecule has 1 atom stereocenters. The van der Waals surface area contributed by atoms with Crippen LogP contribution < -0.4 is 19.1 Å². The molecular formula is C35H38ClN3O6S. The number of nitrogens with one attached hydrogen (secondary N) is 1. The second-order valence-electron chi connectivity index (χ2n) is 10.9. The first-order valence-corrected chi connectivity index (χ1v) is 16.5. The van der Waals surface area contributed by atoms with E-state index in [0.29, 0.717) is 10.8 Å². The van der Waals surface area contributed by atoms with Crippen LogP contribution in [0.3, 0.4) is 0 Å². The van der Waals surface area contributed by atoms with E-state index >= 15 is 0 Å². The van der Waals surface area contributed by atoms with Gasteiger partial charge in [0.2, 0.25) is 11.8 Å². The second-order valence-corrected chi connectivity index (χ2v) is 13.2. The van der Waals surface area contributed by atoms with Crippen LogP contribution in [0.2, 0.25) is 5.02 Å². The number of hydrogen-bond acceptors (Lipinski definition) is 6. The highest BCUT2D eigenvalue weighted by molar-refractivity contribution is 7.92. The molecule has 9 nitrogen and oxygen atoms in total. The molecule has 0 spiro atoms. The Bertz CT molecular complexity index is 1720. The smallest absolute Gasteiger partial charge is 0.264 e. The summed E-state index contributed by atoms with van der Waals surface area (Å²) < 4.78 is 40.3. The molecule has 0 aliphatic rings. The van der Waals surface area contributed by atoms with Crippen LogP contribution in [0.4, 0.5) is 5.69 Å². The van der Waals surface area contributed by atoms with Gasteiger partial charge < -0.3 is 19.7 Å². The van der Waals surface area contributed by atoms with Gasteiger partial charge in [0, 0.05) is 24.0 Å². The molecule has 0 heterocycles. The molecule has 4 rings (SSSR count). The number of rotatable bonds is 14. The number of benzene rings is 4. The fourth-order valence-electron chi connectivity index (χ4n) is 4.95. The normalized spacial score (nSPS) is 11.9. The van der Waals surface area contributed by atoms with E-state index in [1.54, 1.807) is 48.5 Å². The van der Waals surface area contributed by atoms with E-state index in [1.165, 1.54) is 43.4 Å². The maximum absolute atomic E-state index is 14.6. The van der Waals surface area contributed by atoms with Crippen molar-refractivity contribution in [3.63, 3.8) is 0 Å². The highest BCUT2D eigenvalue weighted by Crippen LogP contribution is 2.33. The van der Waals surface area contributed by atoms with Crippen LogP contribution >= 0.6 is 11.6 Å². The SMILES string of the molecule is COc1ccc(S(=O)(=O)N(CC(=O)N(Cc2ccc(Cl)cc2)[C@H](Cc2ccccc2)C(=O)NC(C)C)c2ccccc2OC)cc1. The van der Waals surface area contributed by atoms with Crippen molar-refractivity contribution in [2.45, 2.75) is 43.8 Å². The zero-order chi connectivity index (χ0) is 33.3. The van der Waals surface area contributed by atoms with Crippen molar-refractivity contribution in [2.24, 2.45) is 0 Å². The summed E-state index contributed by atoms with van der Waals surface area (Å²) in [6, 6.07) is 27.6. The zero-order valence-corrected chi connectivity index (χ0v) is 27.8. The summed E-state index contributed by atoms with van der Waals surface area (Å²) in [7, 11) is -1.40. The summed E-state index contributed by atoms with van der Waals surface area (Å²) in [4.78, 5) is 29.7. The van der Waals surface area contributed by atoms with Crippen molar-refractivity contribution in [1.82, 2.24) is 10.2 Å². The Morgan fingerprint density at radius 3 is 2.04 bits per heavy atom. The summed E-state index contributed by atoms with van der Waals surface area (Å²) in [5, 5.41) is 3.47. The molecule has 0 aromatic heterocycles. The molecule has 0 aliphatic heterocycles. The molecular weight excluding hydrogens is 626 g/mol. The van der Waals surface area contributed by atoms with Gasteiger partial charge in [-0.25, -0.2) is 8.42 Å². The van der Waals surface area contributed by atoms with Gasteiger partial charge in [-0.2, -0.15) is 0 Å². The molecule has 4 aromatic carbocycles. The van der Waals surface area contributed by atoms with Crippen LogP contribution in [0.1, 0.15) is 25.0 Å². The third-order valence-electron chi connectivity index (χ3n) is 7.25. The molecule has 11 heteroatoms. The first-order valence-electron chi connectivity index (χ1n) is 14.7. The van der Waals surface area contributed by atoms with Gasteiger partial charge in [-0.15, -0.1) is 0 Å². The predicted octanol–water partition coefficient (Wildman–Crippen LogP) is 5.72. The molecule has 0 unspecified atom stereocenters. The van der Waals surface area contributed by atoms with Gasteiger partial charge in [-0.1, -0.05) is 66.2 Å². The molecule has 0 aliphatic carbocycles. The molecule has 0 fully saturated rings. The highest BCUT2D eigenvalue weighted by Gasteiger charge is 2.35. The predicted molar refractivity (Wildman–Crippen MR) is 180 cm³/mol. The number of nitrogens with zero attached hydrogens (tertiary/aromatic N) is 2. The van der Waals surface area contributed by atoms with Crippen molar-refractivity contribution in [2.75, 3.05) is 25.1 Å². The van der Waals surface area contributed by atoms with Gasteiger partial charge in [0.1, 0.15) is 24.1 Å². The third-order valence-corrected chi connectivity index (χ3v) is 9.27. The second kappa shape index (κ2) is 15.6. The van der Waals surface area contributed by atoms with E-state index in [0.717, 1.165) is 15.4 Å². The van der Waals surface area contributed by atoms with E-state index in [9.17, 15) is 18.0 Å². The van der Waals surface area contributed by atoms with Crippen LogP contribution in [0.25, 0.3) is 0 Å². The van der Waals surface area contributed by atoms with E-state index in [2.05, 4.69) is 5.32 Å². The van der Waals surface area contributed by atoms with Gasteiger partial charge in [-0.05, 0) is 73.5 Å². The highest BCUT2D eigenvalue weighted by atomic mass is 35.5. The molecule has 242 valence electrons. The van der Waals surface area contributed by atoms with Gasteiger partial charge >= 0.3 is 0 Å². The lowest BCUT2D eigenvalue weighted by Gasteiger charge is -2.34. The summed E-state index contributed by atoms with van der Waals surface area (Å²) in [6.45, 7) is 3.10. The molecule has 4 aromatic rings. The topological polar surface area (TPSA) is 105 Å². The van der Waals surface area contributed by atoms with Crippen molar-refractivity contribution in [3.05, 3.63) is 119 Å². The number of hydrogen-bond donors (Lipinski definition) is 1. The Morgan fingerprint density at radius 1 is 0.804 bits per heavy atom. The Balaban J connectivity index is 1.83. The monoisotopic (exact) mass is 663 g/mol. The quantitative estimate of drug-likeness (QED) is 0.185. The van der Waals surface area contributed by atoms with Crippen LogP contribution in [-0.2, 0) is 32.6 Å². The third kappa shape index (κ3) is 8.58. The number of halogens is 1. The standard InChI is InChI=1S/C35H38ClN3O6S/c1-25(2)37-35(41)32(22-26-10-6-5-7-11-26)38(23-27-14-16-28(36)17-15-27)34(40)24-39(31-12-8-9-13-33(31)45-4)46(42,43)30-20-18-29(44-3)19-21-30/h5-21,25,32H,22-24H2,1-4H3,(H,37,41)/t32-/m1/s1. The van der Waals surface area contributed by atoms with Gasteiger partial charge in [0.15, 0.2) is 0 Å². The van der Waals surface area contributed by atoms with Crippen LogP contribution in [0.5, 0.6) is 11.5 Å². The molecule has 0 saturated heterocycles. The Kier molecular flexibility index (Phi) is 11.7. The number of carbonyl (C=O) groups excluding carboxylic acids is 2. The van der Waals surface area contributed by atoms with Crippen LogP contribution in [0.15, 0.2) is 108 Å². The minimum atomic E-state index is -4.31. The van der Waals surface area contributed by atoms with E-state index in [-0.39, 0.29) is 41.2 Å². The maximum atomic E-state index is 14.6. The minimum Gasteiger partial charge on any atom is -0.497 e. The molecule has 46 heavy (non-hydrogen) atoms. The minimum absolute atomic E-state index is 0.0291. The van der Waals surface area contributed by atoms with Gasteiger partial charge in [-0.3, -0.25) is 13.9 Å². The first-order chi connectivity index (χ1) is 22.0. The van der Waals surface area contributed by atoms with Gasteiger partial charge in [0.25, 0.3) is 10.0 Å². The molecule has 2 amide bonds. The number of methoxy groups -OCH3 is 2. The van der Waals surface area contributed by atoms with Crippen molar-refractivity contribution in [1.29, 1.82) is 0 Å². The number of sulfonamides is 1. The number of amides is 2. The van der Waals surface area contributed by atoms with Crippen LogP contribution in [-0.4, -0.2) is 58.0 Å². The van der Waals surface area contributed by atoms with Gasteiger partial charge in [0.05, 0.1) is 24.8 Å². The molecule has 0 bridgehead atoms. The first kappa shape index (κ1) is 34.3. The lowest BCUT2D eigenvalue weighted by Crippen LogP contribution is -2.54. The number of carbonyl (C=O) groups is 2. The zero-order valence-electron chi connectivity index (χ0n) is 26.2. The number of anilines is 1.